The Morgan fingerprint density at radius 2 is 1.89 bits per heavy atom. The van der Waals surface area contributed by atoms with E-state index in [4.69, 9.17) is 16.7 Å². The molecular formula is C13H8ClF2NO2. The van der Waals surface area contributed by atoms with Crippen LogP contribution < -0.4 is 5.32 Å². The van der Waals surface area contributed by atoms with E-state index in [1.165, 1.54) is 24.3 Å². The lowest BCUT2D eigenvalue weighted by Crippen LogP contribution is -2.04. The van der Waals surface area contributed by atoms with Gasteiger partial charge in [-0.2, -0.15) is 0 Å². The molecule has 0 aliphatic carbocycles. The van der Waals surface area contributed by atoms with Crippen LogP contribution in [0.3, 0.4) is 0 Å². The molecule has 0 bridgehead atoms. The molecule has 0 amide bonds. The van der Waals surface area contributed by atoms with E-state index in [0.29, 0.717) is 5.69 Å². The number of para-hydroxylation sites is 1. The lowest BCUT2D eigenvalue weighted by atomic mass is 10.1. The Balaban J connectivity index is 2.42. The molecule has 0 unspecified atom stereocenters. The van der Waals surface area contributed by atoms with Crippen molar-refractivity contribution in [3.63, 3.8) is 0 Å². The minimum atomic E-state index is -1.27. The molecule has 0 fully saturated rings. The van der Waals surface area contributed by atoms with E-state index in [0.717, 1.165) is 12.1 Å². The van der Waals surface area contributed by atoms with Crippen molar-refractivity contribution in [3.8, 4) is 0 Å². The van der Waals surface area contributed by atoms with Crippen LogP contribution in [-0.2, 0) is 0 Å². The first kappa shape index (κ1) is 13.3. The fraction of sp³-hybridized carbons (Fsp3) is 0. The number of hydrogen-bond acceptors (Lipinski definition) is 2. The summed E-state index contributed by atoms with van der Waals surface area (Å²) in [4.78, 5) is 11.0. The number of carbonyl (C=O) groups is 1. The van der Waals surface area contributed by atoms with E-state index >= 15 is 0 Å². The lowest BCUT2D eigenvalue weighted by molar-refractivity contribution is 0.0697. The number of nitrogens with one attached hydrogen (secondary N) is 1. The van der Waals surface area contributed by atoms with E-state index in [1.807, 2.05) is 0 Å². The van der Waals surface area contributed by atoms with Gasteiger partial charge in [0.05, 0.1) is 16.3 Å². The second-order valence-electron chi connectivity index (χ2n) is 3.72. The second kappa shape index (κ2) is 5.24. The zero-order chi connectivity index (χ0) is 14.0. The van der Waals surface area contributed by atoms with Crippen LogP contribution in [0.5, 0.6) is 0 Å². The fourth-order valence-corrected chi connectivity index (χ4v) is 1.73. The van der Waals surface area contributed by atoms with Crippen molar-refractivity contribution in [1.82, 2.24) is 0 Å². The number of hydrogen-bond donors (Lipinski definition) is 2. The Hall–Kier alpha value is -2.14. The van der Waals surface area contributed by atoms with Gasteiger partial charge in [0.15, 0.2) is 0 Å². The average Bonchev–Trinajstić information content (AvgIpc) is 2.36. The number of halogens is 3. The highest BCUT2D eigenvalue weighted by atomic mass is 35.5. The van der Waals surface area contributed by atoms with E-state index in [2.05, 4.69) is 5.32 Å². The Morgan fingerprint density at radius 3 is 2.53 bits per heavy atom. The summed E-state index contributed by atoms with van der Waals surface area (Å²) in [7, 11) is 0. The monoisotopic (exact) mass is 283 g/mol. The fourth-order valence-electron chi connectivity index (χ4n) is 1.55. The largest absolute Gasteiger partial charge is 0.478 e. The number of carboxylic acids is 1. The number of aromatic carboxylic acids is 1. The third kappa shape index (κ3) is 2.82. The molecule has 0 aromatic heterocycles. The predicted octanol–water partition coefficient (Wildman–Crippen LogP) is 4.06. The van der Waals surface area contributed by atoms with E-state index in [9.17, 15) is 13.6 Å². The first-order valence-corrected chi connectivity index (χ1v) is 5.60. The minimum Gasteiger partial charge on any atom is -0.478 e. The number of benzene rings is 2. The van der Waals surface area contributed by atoms with Crippen molar-refractivity contribution in [1.29, 1.82) is 0 Å². The molecule has 0 spiro atoms. The number of anilines is 2. The normalized spacial score (nSPS) is 10.3. The summed E-state index contributed by atoms with van der Waals surface area (Å²) in [5.74, 6) is -2.60. The summed E-state index contributed by atoms with van der Waals surface area (Å²) in [6.07, 6.45) is 0. The number of carboxylic acid groups (broad SMARTS) is 1. The van der Waals surface area contributed by atoms with Crippen molar-refractivity contribution >= 4 is 28.9 Å². The molecule has 2 N–H and O–H groups in total. The Morgan fingerprint density at radius 1 is 1.16 bits per heavy atom. The van der Waals surface area contributed by atoms with E-state index in [-0.39, 0.29) is 16.3 Å². The van der Waals surface area contributed by atoms with Crippen molar-refractivity contribution in [3.05, 3.63) is 58.6 Å². The summed E-state index contributed by atoms with van der Waals surface area (Å²) in [5, 5.41) is 11.4. The van der Waals surface area contributed by atoms with Gasteiger partial charge < -0.3 is 10.4 Å². The quantitative estimate of drug-likeness (QED) is 0.893. The summed E-state index contributed by atoms with van der Waals surface area (Å²) in [6, 6.07) is 7.36. The van der Waals surface area contributed by atoms with Gasteiger partial charge in [0.25, 0.3) is 0 Å². The molecular weight excluding hydrogens is 276 g/mol. The molecule has 0 aliphatic heterocycles. The minimum absolute atomic E-state index is 0.141. The summed E-state index contributed by atoms with van der Waals surface area (Å²) >= 11 is 5.60. The molecule has 3 nitrogen and oxygen atoms in total. The predicted molar refractivity (Wildman–Crippen MR) is 68.1 cm³/mol. The highest BCUT2D eigenvalue weighted by molar-refractivity contribution is 6.31. The molecule has 98 valence electrons. The highest BCUT2D eigenvalue weighted by Crippen LogP contribution is 2.27. The number of rotatable bonds is 3. The molecule has 0 atom stereocenters. The van der Waals surface area contributed by atoms with Crippen molar-refractivity contribution < 1.29 is 18.7 Å². The van der Waals surface area contributed by atoms with Crippen molar-refractivity contribution in [2.75, 3.05) is 5.32 Å². The topological polar surface area (TPSA) is 49.3 Å². The Bertz CT molecular complexity index is 647. The third-order valence-corrected chi connectivity index (χ3v) is 2.72. The molecule has 2 aromatic carbocycles. The molecule has 0 heterocycles. The summed E-state index contributed by atoms with van der Waals surface area (Å²) in [5.41, 5.74) is -0.128. The van der Waals surface area contributed by atoms with Crippen LogP contribution in [0.1, 0.15) is 10.4 Å². The van der Waals surface area contributed by atoms with Crippen LogP contribution in [0, 0.1) is 11.6 Å². The van der Waals surface area contributed by atoms with Gasteiger partial charge in [0.2, 0.25) is 0 Å². The summed E-state index contributed by atoms with van der Waals surface area (Å²) < 4.78 is 26.6. The van der Waals surface area contributed by atoms with Crippen LogP contribution in [0.4, 0.5) is 20.2 Å². The zero-order valence-electron chi connectivity index (χ0n) is 9.45. The van der Waals surface area contributed by atoms with Crippen LogP contribution >= 0.6 is 11.6 Å². The van der Waals surface area contributed by atoms with E-state index < -0.39 is 17.6 Å². The van der Waals surface area contributed by atoms with Gasteiger partial charge in [-0.05, 0) is 30.3 Å². The first-order chi connectivity index (χ1) is 8.99. The molecule has 0 saturated carbocycles. The van der Waals surface area contributed by atoms with Gasteiger partial charge in [-0.15, -0.1) is 0 Å². The van der Waals surface area contributed by atoms with Gasteiger partial charge in [-0.1, -0.05) is 17.7 Å². The van der Waals surface area contributed by atoms with Crippen LogP contribution in [0.15, 0.2) is 36.4 Å². The lowest BCUT2D eigenvalue weighted by Gasteiger charge is -2.11. The van der Waals surface area contributed by atoms with Crippen molar-refractivity contribution in [2.24, 2.45) is 0 Å². The molecule has 2 aromatic rings. The van der Waals surface area contributed by atoms with E-state index in [1.54, 1.807) is 0 Å². The molecule has 19 heavy (non-hydrogen) atoms. The molecule has 6 heteroatoms. The van der Waals surface area contributed by atoms with Crippen molar-refractivity contribution in [2.45, 2.75) is 0 Å². The Labute approximate surface area is 112 Å². The maximum Gasteiger partial charge on any atom is 0.337 e. The van der Waals surface area contributed by atoms with Gasteiger partial charge in [0, 0.05) is 5.69 Å². The molecule has 0 aliphatic rings. The highest BCUT2D eigenvalue weighted by Gasteiger charge is 2.14. The van der Waals surface area contributed by atoms with Gasteiger partial charge in [0.1, 0.15) is 11.6 Å². The maximum absolute atomic E-state index is 13.6. The van der Waals surface area contributed by atoms with Gasteiger partial charge >= 0.3 is 5.97 Å². The molecule has 0 saturated heterocycles. The van der Waals surface area contributed by atoms with Crippen LogP contribution in [0.2, 0.25) is 5.02 Å². The maximum atomic E-state index is 13.6. The summed E-state index contributed by atoms with van der Waals surface area (Å²) in [6.45, 7) is 0. The SMILES string of the molecule is O=C(O)c1cccc(F)c1Nc1ccc(F)c(Cl)c1. The average molecular weight is 284 g/mol. The van der Waals surface area contributed by atoms with Crippen LogP contribution in [0.25, 0.3) is 0 Å². The molecule has 2 rings (SSSR count). The Kier molecular flexibility index (Phi) is 3.66. The zero-order valence-corrected chi connectivity index (χ0v) is 10.2. The molecule has 0 radical (unpaired) electrons. The van der Waals surface area contributed by atoms with Gasteiger partial charge in [-0.3, -0.25) is 0 Å². The second-order valence-corrected chi connectivity index (χ2v) is 4.13. The first-order valence-electron chi connectivity index (χ1n) is 5.23. The smallest absolute Gasteiger partial charge is 0.337 e. The third-order valence-electron chi connectivity index (χ3n) is 2.43. The van der Waals surface area contributed by atoms with Crippen LogP contribution in [-0.4, -0.2) is 11.1 Å². The van der Waals surface area contributed by atoms with Gasteiger partial charge in [-0.25, -0.2) is 13.6 Å². The standard InChI is InChI=1S/C13H8ClF2NO2/c14-9-6-7(4-5-10(9)15)17-12-8(13(18)19)2-1-3-11(12)16/h1-6,17H,(H,18,19).